The minimum Gasteiger partial charge on any atom is -0.497 e. The maximum Gasteiger partial charge on any atom is 0.121 e. The number of hydrogen-bond donors (Lipinski definition) is 0. The molecule has 0 aromatic heterocycles. The van der Waals surface area contributed by atoms with Crippen molar-refractivity contribution in [2.45, 2.75) is 6.92 Å². The third-order valence-electron chi connectivity index (χ3n) is 4.57. The van der Waals surface area contributed by atoms with Crippen LogP contribution in [0.25, 0.3) is 11.1 Å². The highest BCUT2D eigenvalue weighted by Crippen LogP contribution is 2.36. The van der Waals surface area contributed by atoms with Gasteiger partial charge >= 0.3 is 0 Å². The Labute approximate surface area is 143 Å². The number of hydrogen-bond acceptors (Lipinski definition) is 3. The lowest BCUT2D eigenvalue weighted by Gasteiger charge is -2.35. The topological polar surface area (TPSA) is 15.7 Å². The first-order valence-electron chi connectivity index (χ1n) is 7.96. The molecule has 122 valence electrons. The van der Waals surface area contributed by atoms with Gasteiger partial charge in [-0.25, -0.2) is 0 Å². The van der Waals surface area contributed by atoms with Crippen LogP contribution >= 0.6 is 11.6 Å². The van der Waals surface area contributed by atoms with Gasteiger partial charge in [0.25, 0.3) is 0 Å². The van der Waals surface area contributed by atoms with E-state index in [2.05, 4.69) is 42.0 Å². The molecule has 0 amide bonds. The Balaban J connectivity index is 2.05. The van der Waals surface area contributed by atoms with Crippen LogP contribution in [0, 0.1) is 6.92 Å². The highest BCUT2D eigenvalue weighted by Gasteiger charge is 2.19. The summed E-state index contributed by atoms with van der Waals surface area (Å²) in [4.78, 5) is 4.82. The number of benzene rings is 2. The van der Waals surface area contributed by atoms with Gasteiger partial charge < -0.3 is 14.5 Å². The van der Waals surface area contributed by atoms with Crippen molar-refractivity contribution < 1.29 is 4.74 Å². The van der Waals surface area contributed by atoms with Crippen LogP contribution in [-0.4, -0.2) is 45.2 Å². The first kappa shape index (κ1) is 16.2. The highest BCUT2D eigenvalue weighted by atomic mass is 35.5. The van der Waals surface area contributed by atoms with Crippen LogP contribution in [0.2, 0.25) is 5.02 Å². The van der Waals surface area contributed by atoms with Gasteiger partial charge in [0.15, 0.2) is 0 Å². The second kappa shape index (κ2) is 6.81. The van der Waals surface area contributed by atoms with Gasteiger partial charge in [-0.3, -0.25) is 0 Å². The van der Waals surface area contributed by atoms with E-state index in [1.54, 1.807) is 7.11 Å². The number of rotatable bonds is 3. The Morgan fingerprint density at radius 3 is 2.43 bits per heavy atom. The number of piperazine rings is 1. The summed E-state index contributed by atoms with van der Waals surface area (Å²) in [7, 11) is 3.90. The quantitative estimate of drug-likeness (QED) is 0.843. The normalized spacial score (nSPS) is 15.7. The number of halogens is 1. The first-order chi connectivity index (χ1) is 11.1. The second-order valence-corrected chi connectivity index (χ2v) is 6.56. The molecule has 0 atom stereocenters. The maximum absolute atomic E-state index is 6.18. The van der Waals surface area contributed by atoms with Gasteiger partial charge in [0.1, 0.15) is 5.75 Å². The van der Waals surface area contributed by atoms with Gasteiger partial charge in [0.2, 0.25) is 0 Å². The summed E-state index contributed by atoms with van der Waals surface area (Å²) in [5, 5.41) is 0.755. The smallest absolute Gasteiger partial charge is 0.121 e. The van der Waals surface area contributed by atoms with Gasteiger partial charge in [-0.2, -0.15) is 0 Å². The zero-order valence-electron chi connectivity index (χ0n) is 14.0. The maximum atomic E-state index is 6.18. The first-order valence-corrected chi connectivity index (χ1v) is 8.34. The fraction of sp³-hybridized carbons (Fsp3) is 0.368. The van der Waals surface area contributed by atoms with Crippen LogP contribution in [0.4, 0.5) is 5.69 Å². The van der Waals surface area contributed by atoms with Crippen molar-refractivity contribution in [2.75, 3.05) is 45.2 Å². The van der Waals surface area contributed by atoms with E-state index < -0.39 is 0 Å². The summed E-state index contributed by atoms with van der Waals surface area (Å²) in [6.45, 7) is 6.44. The molecule has 23 heavy (non-hydrogen) atoms. The second-order valence-electron chi connectivity index (χ2n) is 6.12. The molecule has 3 nitrogen and oxygen atoms in total. The molecule has 0 unspecified atom stereocenters. The average molecular weight is 331 g/mol. The summed E-state index contributed by atoms with van der Waals surface area (Å²) in [6, 6.07) is 12.3. The van der Waals surface area contributed by atoms with Crippen molar-refractivity contribution in [1.29, 1.82) is 0 Å². The zero-order valence-corrected chi connectivity index (χ0v) is 14.7. The summed E-state index contributed by atoms with van der Waals surface area (Å²) in [5.41, 5.74) is 4.84. The van der Waals surface area contributed by atoms with Gasteiger partial charge in [-0.15, -0.1) is 0 Å². The minimum atomic E-state index is 0.755. The molecule has 0 radical (unpaired) electrons. The SMILES string of the molecule is COc1cc(-c2cccc(Cl)c2)c(C)c(N2CCN(C)CC2)c1. The lowest BCUT2D eigenvalue weighted by molar-refractivity contribution is 0.312. The van der Waals surface area contributed by atoms with E-state index in [0.717, 1.165) is 42.5 Å². The van der Waals surface area contributed by atoms with Crippen molar-refractivity contribution in [3.63, 3.8) is 0 Å². The molecule has 1 fully saturated rings. The van der Waals surface area contributed by atoms with Crippen molar-refractivity contribution in [2.24, 2.45) is 0 Å². The summed E-state index contributed by atoms with van der Waals surface area (Å²) in [6.07, 6.45) is 0. The number of methoxy groups -OCH3 is 1. The predicted molar refractivity (Wildman–Crippen MR) is 97.9 cm³/mol. The monoisotopic (exact) mass is 330 g/mol. The zero-order chi connectivity index (χ0) is 16.4. The van der Waals surface area contributed by atoms with E-state index in [0.29, 0.717) is 0 Å². The molecule has 1 aliphatic heterocycles. The van der Waals surface area contributed by atoms with Crippen molar-refractivity contribution in [3.8, 4) is 16.9 Å². The van der Waals surface area contributed by atoms with Crippen molar-refractivity contribution in [3.05, 3.63) is 47.0 Å². The van der Waals surface area contributed by atoms with E-state index >= 15 is 0 Å². The van der Waals surface area contributed by atoms with Crippen molar-refractivity contribution >= 4 is 17.3 Å². The van der Waals surface area contributed by atoms with E-state index in [4.69, 9.17) is 16.3 Å². The Bertz CT molecular complexity index is 694. The highest BCUT2D eigenvalue weighted by molar-refractivity contribution is 6.30. The third kappa shape index (κ3) is 3.46. The summed E-state index contributed by atoms with van der Waals surface area (Å²) in [5.74, 6) is 0.888. The van der Waals surface area contributed by atoms with Crippen LogP contribution in [0.5, 0.6) is 5.75 Å². The molecule has 0 bridgehead atoms. The van der Waals surface area contributed by atoms with Crippen LogP contribution in [-0.2, 0) is 0 Å². The Morgan fingerprint density at radius 1 is 1.04 bits per heavy atom. The lowest BCUT2D eigenvalue weighted by atomic mass is 9.98. The van der Waals surface area contributed by atoms with E-state index in [1.807, 2.05) is 18.2 Å². The number of nitrogens with zero attached hydrogens (tertiary/aromatic N) is 2. The van der Waals surface area contributed by atoms with Crippen LogP contribution < -0.4 is 9.64 Å². The molecular weight excluding hydrogens is 308 g/mol. The van der Waals surface area contributed by atoms with Crippen LogP contribution in [0.15, 0.2) is 36.4 Å². The molecule has 0 saturated carbocycles. The largest absolute Gasteiger partial charge is 0.497 e. The number of anilines is 1. The van der Waals surface area contributed by atoms with Gasteiger partial charge in [0, 0.05) is 43.0 Å². The van der Waals surface area contributed by atoms with Gasteiger partial charge in [0.05, 0.1) is 7.11 Å². The Kier molecular flexibility index (Phi) is 4.79. The Morgan fingerprint density at radius 2 is 1.78 bits per heavy atom. The van der Waals surface area contributed by atoms with E-state index in [1.165, 1.54) is 16.8 Å². The van der Waals surface area contributed by atoms with E-state index in [9.17, 15) is 0 Å². The molecular formula is C19H23ClN2O. The molecule has 2 aromatic carbocycles. The predicted octanol–water partition coefficient (Wildman–Crippen LogP) is 4.08. The summed E-state index contributed by atoms with van der Waals surface area (Å²) < 4.78 is 5.54. The molecule has 4 heteroatoms. The lowest BCUT2D eigenvalue weighted by Crippen LogP contribution is -2.44. The van der Waals surface area contributed by atoms with Crippen LogP contribution in [0.1, 0.15) is 5.56 Å². The molecule has 2 aromatic rings. The standard InChI is InChI=1S/C19H23ClN2O/c1-14-18(15-5-4-6-16(20)11-15)12-17(23-3)13-19(14)22-9-7-21(2)8-10-22/h4-6,11-13H,7-10H2,1-3H3. The molecule has 0 spiro atoms. The molecule has 1 saturated heterocycles. The summed E-state index contributed by atoms with van der Waals surface area (Å²) >= 11 is 6.18. The third-order valence-corrected chi connectivity index (χ3v) is 4.80. The molecule has 1 aliphatic rings. The Hall–Kier alpha value is -1.71. The fourth-order valence-corrected chi connectivity index (χ4v) is 3.31. The van der Waals surface area contributed by atoms with Gasteiger partial charge in [-0.05, 0) is 48.9 Å². The van der Waals surface area contributed by atoms with E-state index in [-0.39, 0.29) is 0 Å². The van der Waals surface area contributed by atoms with Gasteiger partial charge in [-0.1, -0.05) is 23.7 Å². The number of ether oxygens (including phenoxy) is 1. The molecule has 0 N–H and O–H groups in total. The van der Waals surface area contributed by atoms with Crippen LogP contribution in [0.3, 0.4) is 0 Å². The molecule has 0 aliphatic carbocycles. The molecule has 3 rings (SSSR count). The molecule has 1 heterocycles. The fourth-order valence-electron chi connectivity index (χ4n) is 3.12. The number of likely N-dealkylation sites (N-methyl/N-ethyl adjacent to an activating group) is 1. The minimum absolute atomic E-state index is 0.755. The average Bonchev–Trinajstić information content (AvgIpc) is 2.56. The van der Waals surface area contributed by atoms with Crippen molar-refractivity contribution in [1.82, 2.24) is 4.90 Å².